The molecule has 0 N–H and O–H groups in total. The predicted octanol–water partition coefficient (Wildman–Crippen LogP) is 2.56. The third-order valence-electron chi connectivity index (χ3n) is 2.40. The van der Waals surface area contributed by atoms with Crippen LogP contribution in [0.15, 0.2) is 24.3 Å². The Morgan fingerprint density at radius 2 is 1.76 bits per heavy atom. The average molecular weight is 260 g/mol. The Kier molecular flexibility index (Phi) is 4.14. The molecule has 1 aromatic rings. The molecule has 0 saturated carbocycles. The Hall–Kier alpha value is -1.10. The van der Waals surface area contributed by atoms with Crippen molar-refractivity contribution in [2.45, 2.75) is 20.3 Å². The lowest BCUT2D eigenvalue weighted by Crippen LogP contribution is -2.24. The second-order valence-corrected chi connectivity index (χ2v) is 6.24. The molecule has 0 aliphatic heterocycles. The first-order valence-corrected chi connectivity index (χ1v) is 6.82. The number of rotatable bonds is 5. The number of methoxy groups -OCH3 is 1. The maximum absolute atomic E-state index is 12.7. The summed E-state index contributed by atoms with van der Waals surface area (Å²) in [5.41, 5.74) is 0.335. The summed E-state index contributed by atoms with van der Waals surface area (Å²) in [5, 5.41) is 0. The fourth-order valence-corrected chi connectivity index (χ4v) is 2.85. The van der Waals surface area contributed by atoms with Crippen LogP contribution in [0.25, 0.3) is 0 Å². The van der Waals surface area contributed by atoms with Crippen LogP contribution in [-0.4, -0.2) is 21.3 Å². The van der Waals surface area contributed by atoms with Gasteiger partial charge in [-0.05, 0) is 29.5 Å². The van der Waals surface area contributed by atoms with E-state index in [2.05, 4.69) is 0 Å². The van der Waals surface area contributed by atoms with Crippen molar-refractivity contribution in [3.05, 3.63) is 29.8 Å². The fourth-order valence-electron chi connectivity index (χ4n) is 1.81. The van der Waals surface area contributed by atoms with Crippen LogP contribution in [0.4, 0.5) is 3.89 Å². The molecule has 0 saturated heterocycles. The number of halogens is 1. The van der Waals surface area contributed by atoms with Crippen molar-refractivity contribution in [3.63, 3.8) is 0 Å². The topological polar surface area (TPSA) is 43.4 Å². The van der Waals surface area contributed by atoms with Gasteiger partial charge in [0.1, 0.15) is 5.75 Å². The first-order chi connectivity index (χ1) is 7.72. The highest BCUT2D eigenvalue weighted by Crippen LogP contribution is 2.25. The molecule has 0 aromatic heterocycles. The SMILES string of the molecule is COc1ccc(CC(C)(C)CS(=O)(=O)F)cc1. The quantitative estimate of drug-likeness (QED) is 0.764. The van der Waals surface area contributed by atoms with Crippen molar-refractivity contribution in [1.29, 1.82) is 0 Å². The Labute approximate surface area is 102 Å². The van der Waals surface area contributed by atoms with Crippen LogP contribution >= 0.6 is 0 Å². The van der Waals surface area contributed by atoms with Gasteiger partial charge in [0.25, 0.3) is 0 Å². The van der Waals surface area contributed by atoms with Crippen molar-refractivity contribution in [2.24, 2.45) is 5.41 Å². The lowest BCUT2D eigenvalue weighted by molar-refractivity contribution is 0.399. The molecule has 1 rings (SSSR count). The van der Waals surface area contributed by atoms with Gasteiger partial charge in [-0.2, -0.15) is 8.42 Å². The zero-order valence-electron chi connectivity index (χ0n) is 10.2. The highest BCUT2D eigenvalue weighted by molar-refractivity contribution is 7.86. The Bertz CT molecular complexity index is 463. The molecule has 0 amide bonds. The molecule has 5 heteroatoms. The molecule has 0 aliphatic carbocycles. The lowest BCUT2D eigenvalue weighted by atomic mass is 9.88. The van der Waals surface area contributed by atoms with Crippen LogP contribution in [0.5, 0.6) is 5.75 Å². The Balaban J connectivity index is 2.75. The van der Waals surface area contributed by atoms with Gasteiger partial charge in [0.2, 0.25) is 0 Å². The van der Waals surface area contributed by atoms with Crippen molar-refractivity contribution in [3.8, 4) is 5.75 Å². The highest BCUT2D eigenvalue weighted by atomic mass is 32.3. The summed E-state index contributed by atoms with van der Waals surface area (Å²) in [6.45, 7) is 3.46. The number of hydrogen-bond donors (Lipinski definition) is 0. The summed E-state index contributed by atoms with van der Waals surface area (Å²) in [6.07, 6.45) is 0.500. The normalized spacial score (nSPS) is 12.5. The van der Waals surface area contributed by atoms with E-state index in [1.807, 2.05) is 12.1 Å². The highest BCUT2D eigenvalue weighted by Gasteiger charge is 2.26. The Morgan fingerprint density at radius 1 is 1.24 bits per heavy atom. The van der Waals surface area contributed by atoms with E-state index in [-0.39, 0.29) is 0 Å². The maximum atomic E-state index is 12.7. The van der Waals surface area contributed by atoms with Crippen molar-refractivity contribution < 1.29 is 17.0 Å². The predicted molar refractivity (Wildman–Crippen MR) is 65.4 cm³/mol. The van der Waals surface area contributed by atoms with Gasteiger partial charge in [-0.1, -0.05) is 26.0 Å². The summed E-state index contributed by atoms with van der Waals surface area (Å²) in [5.74, 6) is 0.274. The smallest absolute Gasteiger partial charge is 0.302 e. The van der Waals surface area contributed by atoms with E-state index in [1.54, 1.807) is 33.1 Å². The molecular weight excluding hydrogens is 243 g/mol. The first kappa shape index (κ1) is 14.0. The summed E-state index contributed by atoms with van der Waals surface area (Å²) in [7, 11) is -2.86. The van der Waals surface area contributed by atoms with E-state index >= 15 is 0 Å². The molecule has 0 radical (unpaired) electrons. The standard InChI is InChI=1S/C12H17FO3S/c1-12(2,9-17(13,14)15)8-10-4-6-11(16-3)7-5-10/h4-7H,8-9H2,1-3H3. The first-order valence-electron chi connectivity index (χ1n) is 5.27. The molecule has 0 atom stereocenters. The molecule has 0 unspecified atom stereocenters. The van der Waals surface area contributed by atoms with Gasteiger partial charge in [-0.15, -0.1) is 3.89 Å². The van der Waals surface area contributed by atoms with Gasteiger partial charge in [-0.3, -0.25) is 0 Å². The van der Waals surface area contributed by atoms with Crippen LogP contribution in [0.1, 0.15) is 19.4 Å². The minimum atomic E-state index is -4.44. The Morgan fingerprint density at radius 3 is 2.18 bits per heavy atom. The van der Waals surface area contributed by atoms with E-state index in [1.165, 1.54) is 0 Å². The molecule has 17 heavy (non-hydrogen) atoms. The molecule has 0 heterocycles. The van der Waals surface area contributed by atoms with Gasteiger partial charge in [-0.25, -0.2) is 0 Å². The van der Waals surface area contributed by atoms with E-state index < -0.39 is 21.4 Å². The average Bonchev–Trinajstić information content (AvgIpc) is 2.14. The van der Waals surface area contributed by atoms with Crippen molar-refractivity contribution in [1.82, 2.24) is 0 Å². The van der Waals surface area contributed by atoms with E-state index in [4.69, 9.17) is 4.74 Å². The molecule has 0 spiro atoms. The number of ether oxygens (including phenoxy) is 1. The third-order valence-corrected chi connectivity index (χ3v) is 3.53. The summed E-state index contributed by atoms with van der Waals surface area (Å²) >= 11 is 0. The van der Waals surface area contributed by atoms with Gasteiger partial charge < -0.3 is 4.74 Å². The van der Waals surface area contributed by atoms with Gasteiger partial charge in [0, 0.05) is 0 Å². The summed E-state index contributed by atoms with van der Waals surface area (Å²) in [6, 6.07) is 7.31. The monoisotopic (exact) mass is 260 g/mol. The van der Waals surface area contributed by atoms with Crippen molar-refractivity contribution >= 4 is 10.2 Å². The largest absolute Gasteiger partial charge is 0.497 e. The molecule has 1 aromatic carbocycles. The van der Waals surface area contributed by atoms with Crippen LogP contribution in [0, 0.1) is 5.41 Å². The summed E-state index contributed by atoms with van der Waals surface area (Å²) < 4.78 is 39.0. The number of benzene rings is 1. The molecule has 3 nitrogen and oxygen atoms in total. The number of hydrogen-bond acceptors (Lipinski definition) is 3. The lowest BCUT2D eigenvalue weighted by Gasteiger charge is -2.22. The zero-order chi connectivity index (χ0) is 13.1. The minimum absolute atomic E-state index is 0.466. The molecular formula is C12H17FO3S. The second-order valence-electron chi connectivity index (χ2n) is 4.87. The third kappa shape index (κ3) is 5.17. The second kappa shape index (κ2) is 5.04. The van der Waals surface area contributed by atoms with Gasteiger partial charge in [0.05, 0.1) is 12.9 Å². The fraction of sp³-hybridized carbons (Fsp3) is 0.500. The maximum Gasteiger partial charge on any atom is 0.302 e. The van der Waals surface area contributed by atoms with Crippen LogP contribution in [-0.2, 0) is 16.6 Å². The van der Waals surface area contributed by atoms with E-state index in [9.17, 15) is 12.3 Å². The van der Waals surface area contributed by atoms with E-state index in [0.717, 1.165) is 11.3 Å². The molecule has 0 aliphatic rings. The van der Waals surface area contributed by atoms with E-state index in [0.29, 0.717) is 6.42 Å². The van der Waals surface area contributed by atoms with Crippen LogP contribution in [0.2, 0.25) is 0 Å². The van der Waals surface area contributed by atoms with Crippen LogP contribution < -0.4 is 4.74 Å². The van der Waals surface area contributed by atoms with Gasteiger partial charge >= 0.3 is 10.2 Å². The minimum Gasteiger partial charge on any atom is -0.497 e. The van der Waals surface area contributed by atoms with Crippen molar-refractivity contribution in [2.75, 3.05) is 12.9 Å². The molecule has 0 bridgehead atoms. The van der Waals surface area contributed by atoms with Crippen LogP contribution in [0.3, 0.4) is 0 Å². The molecule has 0 fully saturated rings. The molecule has 96 valence electrons. The van der Waals surface area contributed by atoms with Gasteiger partial charge in [0.15, 0.2) is 0 Å². The zero-order valence-corrected chi connectivity index (χ0v) is 11.1. The summed E-state index contributed by atoms with van der Waals surface area (Å²) in [4.78, 5) is 0.